The zero-order valence-corrected chi connectivity index (χ0v) is 14.6. The third-order valence-corrected chi connectivity index (χ3v) is 4.17. The van der Waals surface area contributed by atoms with Crippen LogP contribution in [-0.4, -0.2) is 11.7 Å². The SMILES string of the molecule is CCCCCCCCCC/C=C/CCCCCCCCO. The first-order chi connectivity index (χ1) is 10.4. The van der Waals surface area contributed by atoms with Crippen LogP contribution in [0.15, 0.2) is 12.2 Å². The highest BCUT2D eigenvalue weighted by Gasteiger charge is 1.91. The maximum atomic E-state index is 8.68. The lowest BCUT2D eigenvalue weighted by Gasteiger charge is -2.00. The third kappa shape index (κ3) is 19.7. The minimum Gasteiger partial charge on any atom is -0.396 e. The van der Waals surface area contributed by atoms with Gasteiger partial charge < -0.3 is 5.11 Å². The van der Waals surface area contributed by atoms with Gasteiger partial charge in [-0.2, -0.15) is 0 Å². The van der Waals surface area contributed by atoms with Crippen molar-refractivity contribution >= 4 is 0 Å². The summed E-state index contributed by atoms with van der Waals surface area (Å²) in [5.74, 6) is 0. The van der Waals surface area contributed by atoms with E-state index >= 15 is 0 Å². The van der Waals surface area contributed by atoms with Gasteiger partial charge in [-0.3, -0.25) is 0 Å². The van der Waals surface area contributed by atoms with E-state index in [1.165, 1.54) is 96.3 Å². The Balaban J connectivity index is 3.02. The minimum absolute atomic E-state index is 0.363. The fourth-order valence-electron chi connectivity index (χ4n) is 2.71. The van der Waals surface area contributed by atoms with Gasteiger partial charge in [0.05, 0.1) is 0 Å². The summed E-state index contributed by atoms with van der Waals surface area (Å²) >= 11 is 0. The quantitative estimate of drug-likeness (QED) is 0.231. The second-order valence-electron chi connectivity index (χ2n) is 6.37. The molecule has 0 heterocycles. The van der Waals surface area contributed by atoms with E-state index in [0.29, 0.717) is 6.61 Å². The number of aliphatic hydroxyl groups excluding tert-OH is 1. The highest BCUT2D eigenvalue weighted by molar-refractivity contribution is 4.81. The Hall–Kier alpha value is -0.300. The monoisotopic (exact) mass is 296 g/mol. The van der Waals surface area contributed by atoms with Crippen LogP contribution in [0.5, 0.6) is 0 Å². The minimum atomic E-state index is 0.363. The van der Waals surface area contributed by atoms with Crippen LogP contribution in [0.3, 0.4) is 0 Å². The Morgan fingerprint density at radius 1 is 0.524 bits per heavy atom. The predicted molar refractivity (Wildman–Crippen MR) is 95.8 cm³/mol. The van der Waals surface area contributed by atoms with Crippen LogP contribution >= 0.6 is 0 Å². The highest BCUT2D eigenvalue weighted by Crippen LogP contribution is 2.10. The summed E-state index contributed by atoms with van der Waals surface area (Å²) in [7, 11) is 0. The zero-order chi connectivity index (χ0) is 15.4. The van der Waals surface area contributed by atoms with Crippen LogP contribution in [0.4, 0.5) is 0 Å². The molecular formula is C20H40O. The zero-order valence-electron chi connectivity index (χ0n) is 14.6. The van der Waals surface area contributed by atoms with E-state index in [9.17, 15) is 0 Å². The molecule has 0 rings (SSSR count). The number of aliphatic hydroxyl groups is 1. The summed E-state index contributed by atoms with van der Waals surface area (Å²) in [6, 6.07) is 0. The smallest absolute Gasteiger partial charge is 0.0431 e. The number of rotatable bonds is 17. The van der Waals surface area contributed by atoms with Gasteiger partial charge in [-0.1, -0.05) is 89.7 Å². The van der Waals surface area contributed by atoms with Crippen LogP contribution in [0.25, 0.3) is 0 Å². The van der Waals surface area contributed by atoms with Crippen LogP contribution in [0.2, 0.25) is 0 Å². The molecule has 0 aromatic rings. The molecule has 0 aliphatic heterocycles. The lowest BCUT2D eigenvalue weighted by Crippen LogP contribution is -1.83. The predicted octanol–water partition coefficient (Wildman–Crippen LogP) is 6.80. The molecule has 1 heteroatoms. The first kappa shape index (κ1) is 20.7. The van der Waals surface area contributed by atoms with Crippen molar-refractivity contribution in [1.82, 2.24) is 0 Å². The summed E-state index contributed by atoms with van der Waals surface area (Å²) in [6.45, 7) is 2.64. The third-order valence-electron chi connectivity index (χ3n) is 4.17. The molecule has 0 spiro atoms. The van der Waals surface area contributed by atoms with Crippen LogP contribution < -0.4 is 0 Å². The van der Waals surface area contributed by atoms with E-state index < -0.39 is 0 Å². The summed E-state index contributed by atoms with van der Waals surface area (Å²) in [5.41, 5.74) is 0. The van der Waals surface area contributed by atoms with Gasteiger partial charge in [0.1, 0.15) is 0 Å². The average Bonchev–Trinajstić information content (AvgIpc) is 2.50. The molecule has 1 nitrogen and oxygen atoms in total. The summed E-state index contributed by atoms with van der Waals surface area (Å²) < 4.78 is 0. The van der Waals surface area contributed by atoms with Crippen molar-refractivity contribution in [1.29, 1.82) is 0 Å². The van der Waals surface area contributed by atoms with Gasteiger partial charge in [-0.05, 0) is 32.1 Å². The standard InChI is InChI=1S/C20H40O/c1-2-3-4-5-6-7-8-9-10-11-12-13-14-15-16-17-18-19-20-21/h11-12,21H,2-10,13-20H2,1H3/b12-11+. The second kappa shape index (κ2) is 19.7. The molecule has 0 saturated heterocycles. The van der Waals surface area contributed by atoms with Crippen molar-refractivity contribution in [3.63, 3.8) is 0 Å². The maximum Gasteiger partial charge on any atom is 0.0431 e. The van der Waals surface area contributed by atoms with E-state index in [2.05, 4.69) is 19.1 Å². The van der Waals surface area contributed by atoms with E-state index in [1.54, 1.807) is 0 Å². The Morgan fingerprint density at radius 3 is 1.33 bits per heavy atom. The number of unbranched alkanes of at least 4 members (excludes halogenated alkanes) is 14. The Labute approximate surface area is 134 Å². The molecular weight excluding hydrogens is 256 g/mol. The average molecular weight is 297 g/mol. The van der Waals surface area contributed by atoms with Gasteiger partial charge in [-0.25, -0.2) is 0 Å². The number of allylic oxidation sites excluding steroid dienone is 2. The Bertz CT molecular complexity index is 198. The number of hydrogen-bond acceptors (Lipinski definition) is 1. The van der Waals surface area contributed by atoms with Gasteiger partial charge in [0, 0.05) is 6.61 Å². The molecule has 0 aromatic heterocycles. The second-order valence-corrected chi connectivity index (χ2v) is 6.37. The van der Waals surface area contributed by atoms with Crippen LogP contribution in [0, 0.1) is 0 Å². The molecule has 0 aliphatic rings. The Kier molecular flexibility index (Phi) is 19.4. The molecule has 0 aromatic carbocycles. The molecule has 0 atom stereocenters. The largest absolute Gasteiger partial charge is 0.396 e. The van der Waals surface area contributed by atoms with Crippen molar-refractivity contribution in [2.75, 3.05) is 6.61 Å². The van der Waals surface area contributed by atoms with Crippen LogP contribution in [0.1, 0.15) is 110 Å². The highest BCUT2D eigenvalue weighted by atomic mass is 16.2. The fraction of sp³-hybridized carbons (Fsp3) is 0.900. The molecule has 126 valence electrons. The van der Waals surface area contributed by atoms with Gasteiger partial charge >= 0.3 is 0 Å². The topological polar surface area (TPSA) is 20.2 Å². The maximum absolute atomic E-state index is 8.68. The Morgan fingerprint density at radius 2 is 0.905 bits per heavy atom. The molecule has 0 aliphatic carbocycles. The van der Waals surface area contributed by atoms with Crippen molar-refractivity contribution in [2.45, 2.75) is 110 Å². The molecule has 0 amide bonds. The van der Waals surface area contributed by atoms with Gasteiger partial charge in [0.25, 0.3) is 0 Å². The van der Waals surface area contributed by atoms with E-state index in [4.69, 9.17) is 5.11 Å². The van der Waals surface area contributed by atoms with E-state index in [-0.39, 0.29) is 0 Å². The van der Waals surface area contributed by atoms with Crippen molar-refractivity contribution in [3.8, 4) is 0 Å². The molecule has 0 saturated carbocycles. The molecule has 0 bridgehead atoms. The fourth-order valence-corrected chi connectivity index (χ4v) is 2.71. The molecule has 0 unspecified atom stereocenters. The van der Waals surface area contributed by atoms with Gasteiger partial charge in [0.15, 0.2) is 0 Å². The summed E-state index contributed by atoms with van der Waals surface area (Å²) in [6.07, 6.45) is 26.2. The van der Waals surface area contributed by atoms with Gasteiger partial charge in [-0.15, -0.1) is 0 Å². The van der Waals surface area contributed by atoms with Crippen molar-refractivity contribution in [3.05, 3.63) is 12.2 Å². The first-order valence-corrected chi connectivity index (χ1v) is 9.67. The van der Waals surface area contributed by atoms with E-state index in [0.717, 1.165) is 6.42 Å². The van der Waals surface area contributed by atoms with E-state index in [1.807, 2.05) is 0 Å². The van der Waals surface area contributed by atoms with Crippen molar-refractivity contribution < 1.29 is 5.11 Å². The van der Waals surface area contributed by atoms with Crippen molar-refractivity contribution in [2.24, 2.45) is 0 Å². The molecule has 0 fully saturated rings. The molecule has 1 N–H and O–H groups in total. The number of hydrogen-bond donors (Lipinski definition) is 1. The summed E-state index contributed by atoms with van der Waals surface area (Å²) in [4.78, 5) is 0. The van der Waals surface area contributed by atoms with Gasteiger partial charge in [0.2, 0.25) is 0 Å². The summed E-state index contributed by atoms with van der Waals surface area (Å²) in [5, 5.41) is 8.68. The normalized spacial score (nSPS) is 11.5. The lowest BCUT2D eigenvalue weighted by atomic mass is 10.1. The van der Waals surface area contributed by atoms with Crippen LogP contribution in [-0.2, 0) is 0 Å². The first-order valence-electron chi connectivity index (χ1n) is 9.67. The molecule has 21 heavy (non-hydrogen) atoms. The molecule has 0 radical (unpaired) electrons. The lowest BCUT2D eigenvalue weighted by molar-refractivity contribution is 0.282.